The van der Waals surface area contributed by atoms with E-state index < -0.39 is 6.09 Å². The number of carbonyl (C=O) groups is 1. The molecule has 1 aliphatic heterocycles. The zero-order valence-corrected chi connectivity index (χ0v) is 22.0. The van der Waals surface area contributed by atoms with Gasteiger partial charge in [-0.1, -0.05) is 36.4 Å². The summed E-state index contributed by atoms with van der Waals surface area (Å²) < 4.78 is 8.03. The van der Waals surface area contributed by atoms with Crippen LogP contribution in [0.4, 0.5) is 22.1 Å². The van der Waals surface area contributed by atoms with E-state index in [1.807, 2.05) is 72.3 Å². The van der Waals surface area contributed by atoms with Crippen molar-refractivity contribution in [2.24, 2.45) is 0 Å². The minimum Gasteiger partial charge on any atom is -0.489 e. The summed E-state index contributed by atoms with van der Waals surface area (Å²) in [5, 5.41) is 18.5. The Kier molecular flexibility index (Phi) is 6.88. The van der Waals surface area contributed by atoms with Crippen LogP contribution in [0.15, 0.2) is 91.4 Å². The van der Waals surface area contributed by atoms with E-state index in [1.165, 1.54) is 4.90 Å². The Morgan fingerprint density at radius 2 is 1.88 bits per heavy atom. The molecule has 10 heteroatoms. The molecule has 1 amide bonds. The smallest absolute Gasteiger partial charge is 0.407 e. The van der Waals surface area contributed by atoms with Crippen LogP contribution in [-0.2, 0) is 6.61 Å². The number of hydrogen-bond donors (Lipinski definition) is 2. The number of amides is 1. The Morgan fingerprint density at radius 1 is 1.02 bits per heavy atom. The number of hydrogen-bond acceptors (Lipinski definition) is 7. The fourth-order valence-corrected chi connectivity index (χ4v) is 5.02. The second kappa shape index (κ2) is 10.9. The van der Waals surface area contributed by atoms with Gasteiger partial charge >= 0.3 is 6.09 Å². The van der Waals surface area contributed by atoms with Crippen molar-refractivity contribution in [1.29, 1.82) is 0 Å². The number of rotatable bonds is 7. The number of piperazine rings is 1. The maximum atomic E-state index is 11.5. The Balaban J connectivity index is 1.36. The van der Waals surface area contributed by atoms with E-state index in [0.29, 0.717) is 37.9 Å². The first-order valence-electron chi connectivity index (χ1n) is 13.1. The third-order valence-electron chi connectivity index (χ3n) is 7.01. The average molecular weight is 536 g/mol. The van der Waals surface area contributed by atoms with Crippen molar-refractivity contribution in [3.05, 3.63) is 97.0 Å². The van der Waals surface area contributed by atoms with E-state index in [2.05, 4.69) is 32.3 Å². The van der Waals surface area contributed by atoms with Crippen LogP contribution in [0.1, 0.15) is 12.5 Å². The lowest BCUT2D eigenvalue weighted by Crippen LogP contribution is -2.53. The van der Waals surface area contributed by atoms with Crippen LogP contribution in [0.5, 0.6) is 5.75 Å². The van der Waals surface area contributed by atoms with Gasteiger partial charge in [-0.3, -0.25) is 4.98 Å². The lowest BCUT2D eigenvalue weighted by atomic mass is 10.1. The van der Waals surface area contributed by atoms with E-state index in [-0.39, 0.29) is 6.04 Å². The molecule has 0 bridgehead atoms. The standard InChI is InChI=1S/C30H29N7O3/c1-21-19-35(30(38)39)14-15-36(21)23-8-5-9-24(16-23)37-27-17-25(40-20-22-6-3-2-4-7-22)10-11-26(27)29(34-37)33-28-18-31-12-13-32-28/h2-13,16-18,21H,14-15,19-20H2,1H3,(H,38,39)(H,32,33,34)/t21-/m0/s1. The van der Waals surface area contributed by atoms with Crippen LogP contribution in [-0.4, -0.2) is 61.5 Å². The van der Waals surface area contributed by atoms with E-state index >= 15 is 0 Å². The SMILES string of the molecule is C[C@H]1CN(C(=O)O)CCN1c1cccc(-n2nc(Nc3cnccn3)c3ccc(OCc4ccccc4)cc32)c1. The zero-order chi connectivity index (χ0) is 27.5. The fraction of sp³-hybridized carbons (Fsp3) is 0.200. The van der Waals surface area contributed by atoms with Crippen LogP contribution in [0, 0.1) is 0 Å². The molecule has 10 nitrogen and oxygen atoms in total. The van der Waals surface area contributed by atoms with Crippen molar-refractivity contribution in [3.8, 4) is 11.4 Å². The maximum absolute atomic E-state index is 11.5. The Bertz CT molecular complexity index is 1630. The highest BCUT2D eigenvalue weighted by Crippen LogP contribution is 2.32. The second-order valence-corrected chi connectivity index (χ2v) is 9.72. The van der Waals surface area contributed by atoms with E-state index in [1.54, 1.807) is 18.6 Å². The molecule has 40 heavy (non-hydrogen) atoms. The third-order valence-corrected chi connectivity index (χ3v) is 7.01. The lowest BCUT2D eigenvalue weighted by Gasteiger charge is -2.40. The molecule has 0 saturated carbocycles. The van der Waals surface area contributed by atoms with Gasteiger partial charge in [-0.25, -0.2) is 14.5 Å². The summed E-state index contributed by atoms with van der Waals surface area (Å²) in [4.78, 5) is 23.7. The predicted octanol–water partition coefficient (Wildman–Crippen LogP) is 5.33. The number of carboxylic acid groups (broad SMARTS) is 1. The fourth-order valence-electron chi connectivity index (χ4n) is 5.02. The van der Waals surface area contributed by atoms with Crippen molar-refractivity contribution in [3.63, 3.8) is 0 Å². The molecule has 1 atom stereocenters. The van der Waals surface area contributed by atoms with E-state index in [0.717, 1.165) is 33.6 Å². The number of nitrogens with one attached hydrogen (secondary N) is 1. The lowest BCUT2D eigenvalue weighted by molar-refractivity contribution is 0.136. The highest BCUT2D eigenvalue weighted by molar-refractivity contribution is 5.93. The molecule has 0 unspecified atom stereocenters. The molecule has 2 N–H and O–H groups in total. The summed E-state index contributed by atoms with van der Waals surface area (Å²) in [5.41, 5.74) is 3.85. The molecule has 6 rings (SSSR count). The van der Waals surface area contributed by atoms with Crippen molar-refractivity contribution in [1.82, 2.24) is 24.6 Å². The molecule has 1 fully saturated rings. The van der Waals surface area contributed by atoms with Crippen LogP contribution >= 0.6 is 0 Å². The first kappa shape index (κ1) is 25.2. The summed E-state index contributed by atoms with van der Waals surface area (Å²) in [7, 11) is 0. The molecule has 0 aliphatic carbocycles. The van der Waals surface area contributed by atoms with E-state index in [4.69, 9.17) is 9.84 Å². The van der Waals surface area contributed by atoms with Crippen molar-refractivity contribution < 1.29 is 14.6 Å². The summed E-state index contributed by atoms with van der Waals surface area (Å²) in [6.07, 6.45) is 4.03. The highest BCUT2D eigenvalue weighted by atomic mass is 16.5. The third kappa shape index (κ3) is 5.24. The number of fused-ring (bicyclic) bond motifs is 1. The Morgan fingerprint density at radius 3 is 2.65 bits per heavy atom. The van der Waals surface area contributed by atoms with Crippen LogP contribution < -0.4 is 15.0 Å². The van der Waals surface area contributed by atoms with Gasteiger partial charge in [-0.05, 0) is 42.8 Å². The van der Waals surface area contributed by atoms with Gasteiger partial charge < -0.3 is 25.0 Å². The summed E-state index contributed by atoms with van der Waals surface area (Å²) in [6, 6.07) is 24.2. The first-order valence-corrected chi connectivity index (χ1v) is 13.1. The van der Waals surface area contributed by atoms with Crippen molar-refractivity contribution in [2.75, 3.05) is 29.9 Å². The van der Waals surface area contributed by atoms with Gasteiger partial charge in [0.05, 0.1) is 17.4 Å². The molecular formula is C30H29N7O3. The summed E-state index contributed by atoms with van der Waals surface area (Å²) in [6.45, 7) is 4.04. The van der Waals surface area contributed by atoms with Gasteiger partial charge in [0.15, 0.2) is 5.82 Å². The van der Waals surface area contributed by atoms with Crippen molar-refractivity contribution in [2.45, 2.75) is 19.6 Å². The van der Waals surface area contributed by atoms with Gasteiger partial charge in [0.2, 0.25) is 0 Å². The van der Waals surface area contributed by atoms with E-state index in [9.17, 15) is 9.90 Å². The first-order chi connectivity index (χ1) is 19.5. The quantitative estimate of drug-likeness (QED) is 0.288. The number of benzene rings is 3. The van der Waals surface area contributed by atoms with Gasteiger partial charge in [0, 0.05) is 55.2 Å². The Labute approximate surface area is 231 Å². The van der Waals surface area contributed by atoms with Gasteiger partial charge in [0.25, 0.3) is 0 Å². The molecule has 0 spiro atoms. The topological polar surface area (TPSA) is 109 Å². The van der Waals surface area contributed by atoms with Crippen LogP contribution in [0.3, 0.4) is 0 Å². The molecule has 3 aromatic carbocycles. The molecule has 1 saturated heterocycles. The maximum Gasteiger partial charge on any atom is 0.407 e. The molecule has 1 aliphatic rings. The largest absolute Gasteiger partial charge is 0.489 e. The minimum absolute atomic E-state index is 0.0429. The van der Waals surface area contributed by atoms with Crippen molar-refractivity contribution >= 4 is 34.3 Å². The summed E-state index contributed by atoms with van der Waals surface area (Å²) >= 11 is 0. The molecule has 202 valence electrons. The van der Waals surface area contributed by atoms with Crippen LogP contribution in [0.25, 0.3) is 16.6 Å². The minimum atomic E-state index is -0.878. The highest BCUT2D eigenvalue weighted by Gasteiger charge is 2.27. The van der Waals surface area contributed by atoms with Gasteiger partial charge in [0.1, 0.15) is 18.2 Å². The zero-order valence-electron chi connectivity index (χ0n) is 22.0. The molecule has 2 aromatic heterocycles. The number of ether oxygens (including phenoxy) is 1. The monoisotopic (exact) mass is 535 g/mol. The normalized spacial score (nSPS) is 15.3. The second-order valence-electron chi connectivity index (χ2n) is 9.72. The Hall–Kier alpha value is -5.12. The summed E-state index contributed by atoms with van der Waals surface area (Å²) in [5.74, 6) is 1.98. The van der Waals surface area contributed by atoms with Gasteiger partial charge in [-0.15, -0.1) is 5.10 Å². The van der Waals surface area contributed by atoms with Crippen LogP contribution in [0.2, 0.25) is 0 Å². The number of anilines is 3. The molecular weight excluding hydrogens is 506 g/mol. The molecule has 0 radical (unpaired) electrons. The van der Waals surface area contributed by atoms with Gasteiger partial charge in [-0.2, -0.15) is 0 Å². The number of aromatic nitrogens is 4. The number of nitrogens with zero attached hydrogens (tertiary/aromatic N) is 6. The molecule has 5 aromatic rings. The predicted molar refractivity (Wildman–Crippen MR) is 154 cm³/mol. The average Bonchev–Trinajstić information content (AvgIpc) is 3.34. The molecule has 3 heterocycles.